The quantitative estimate of drug-likeness (QED) is 0.220. The number of aromatic nitrogens is 1. The Labute approximate surface area is 239 Å². The van der Waals surface area contributed by atoms with E-state index in [0.29, 0.717) is 27.9 Å². The van der Waals surface area contributed by atoms with E-state index in [-0.39, 0.29) is 29.8 Å². The molecule has 0 fully saturated rings. The van der Waals surface area contributed by atoms with Crippen LogP contribution in [-0.2, 0) is 10.0 Å². The minimum atomic E-state index is -3.78. The van der Waals surface area contributed by atoms with Crippen LogP contribution in [0, 0.1) is 0 Å². The summed E-state index contributed by atoms with van der Waals surface area (Å²) in [6, 6.07) is 20.5. The first-order chi connectivity index (χ1) is 17.7. The lowest BCUT2D eigenvalue weighted by molar-refractivity contribution is 0.0986. The SMILES string of the molecule is CCN(c1ccccc1)S(=O)(=O)c1ccc(C(=O)N(CCCN(C)C)c2nc3ccc(Cl)cc3s2)cc1.Cl. The van der Waals surface area contributed by atoms with Crippen LogP contribution in [0.25, 0.3) is 10.2 Å². The second kappa shape index (κ2) is 12.9. The van der Waals surface area contributed by atoms with Crippen molar-refractivity contribution in [2.45, 2.75) is 18.2 Å². The molecule has 11 heteroatoms. The average Bonchev–Trinajstić information content (AvgIpc) is 3.30. The van der Waals surface area contributed by atoms with E-state index in [4.69, 9.17) is 11.6 Å². The molecule has 4 aromatic rings. The highest BCUT2D eigenvalue weighted by Gasteiger charge is 2.25. The van der Waals surface area contributed by atoms with Gasteiger partial charge in [0, 0.05) is 23.7 Å². The van der Waals surface area contributed by atoms with Crippen LogP contribution in [0.1, 0.15) is 23.7 Å². The highest BCUT2D eigenvalue weighted by molar-refractivity contribution is 7.92. The molecule has 4 rings (SSSR count). The van der Waals surface area contributed by atoms with Crippen LogP contribution in [0.15, 0.2) is 77.7 Å². The molecule has 0 spiro atoms. The fourth-order valence-electron chi connectivity index (χ4n) is 3.97. The van der Waals surface area contributed by atoms with E-state index in [1.54, 1.807) is 54.3 Å². The van der Waals surface area contributed by atoms with E-state index in [1.807, 2.05) is 32.3 Å². The monoisotopic (exact) mass is 592 g/mol. The number of sulfonamides is 1. The highest BCUT2D eigenvalue weighted by atomic mass is 35.5. The summed E-state index contributed by atoms with van der Waals surface area (Å²) < 4.78 is 28.9. The summed E-state index contributed by atoms with van der Waals surface area (Å²) >= 11 is 7.55. The van der Waals surface area contributed by atoms with Gasteiger partial charge in [-0.25, -0.2) is 13.4 Å². The van der Waals surface area contributed by atoms with Crippen molar-refractivity contribution in [2.24, 2.45) is 0 Å². The maximum atomic E-state index is 13.6. The summed E-state index contributed by atoms with van der Waals surface area (Å²) in [7, 11) is 0.188. The van der Waals surface area contributed by atoms with Gasteiger partial charge >= 0.3 is 0 Å². The molecule has 0 N–H and O–H groups in total. The maximum Gasteiger partial charge on any atom is 0.264 e. The Balaban J connectivity index is 0.00000400. The summed E-state index contributed by atoms with van der Waals surface area (Å²) in [5, 5.41) is 1.19. The Bertz CT molecular complexity index is 1480. The van der Waals surface area contributed by atoms with Gasteiger partial charge < -0.3 is 4.90 Å². The lowest BCUT2D eigenvalue weighted by Gasteiger charge is -2.23. The van der Waals surface area contributed by atoms with Crippen LogP contribution in [0.5, 0.6) is 0 Å². The van der Waals surface area contributed by atoms with Gasteiger partial charge in [0.1, 0.15) is 0 Å². The van der Waals surface area contributed by atoms with Crippen molar-refractivity contribution >= 4 is 72.3 Å². The van der Waals surface area contributed by atoms with E-state index >= 15 is 0 Å². The first kappa shape index (κ1) is 29.9. The summed E-state index contributed by atoms with van der Waals surface area (Å²) in [5.74, 6) is -0.233. The number of carbonyl (C=O) groups is 1. The van der Waals surface area contributed by atoms with Gasteiger partial charge in [0.15, 0.2) is 5.13 Å². The second-order valence-electron chi connectivity index (χ2n) is 8.75. The summed E-state index contributed by atoms with van der Waals surface area (Å²) in [6.07, 6.45) is 0.754. The number of carbonyl (C=O) groups excluding carboxylic acids is 1. The van der Waals surface area contributed by atoms with Gasteiger partial charge in [0.05, 0.1) is 20.8 Å². The van der Waals surface area contributed by atoms with Gasteiger partial charge in [0.25, 0.3) is 15.9 Å². The molecular formula is C27H30Cl2N4O3S2. The Kier molecular flexibility index (Phi) is 10.1. The largest absolute Gasteiger partial charge is 0.309 e. The third-order valence-corrected chi connectivity index (χ3v) is 9.02. The Morgan fingerprint density at radius 2 is 1.66 bits per heavy atom. The number of fused-ring (bicyclic) bond motifs is 1. The molecule has 0 saturated heterocycles. The number of para-hydroxylation sites is 1. The van der Waals surface area contributed by atoms with Crippen molar-refractivity contribution < 1.29 is 13.2 Å². The van der Waals surface area contributed by atoms with Crippen molar-refractivity contribution in [1.82, 2.24) is 9.88 Å². The van der Waals surface area contributed by atoms with E-state index in [1.165, 1.54) is 27.8 Å². The normalized spacial score (nSPS) is 11.4. The summed E-state index contributed by atoms with van der Waals surface area (Å²) in [5.41, 5.74) is 1.76. The smallest absolute Gasteiger partial charge is 0.264 e. The molecule has 0 saturated carbocycles. The third-order valence-electron chi connectivity index (χ3n) is 5.82. The predicted molar refractivity (Wildman–Crippen MR) is 160 cm³/mol. The first-order valence-electron chi connectivity index (χ1n) is 11.9. The van der Waals surface area contributed by atoms with Gasteiger partial charge in [-0.15, -0.1) is 12.4 Å². The van der Waals surface area contributed by atoms with Gasteiger partial charge in [0.2, 0.25) is 0 Å². The second-order valence-corrected chi connectivity index (χ2v) is 12.1. The summed E-state index contributed by atoms with van der Waals surface area (Å²) in [6.45, 7) is 3.36. The van der Waals surface area contributed by atoms with Gasteiger partial charge in [-0.3, -0.25) is 14.0 Å². The Hall–Kier alpha value is -2.69. The number of anilines is 2. The molecule has 0 aliphatic heterocycles. The molecule has 3 aromatic carbocycles. The van der Waals surface area contributed by atoms with Crippen molar-refractivity contribution in [2.75, 3.05) is 42.9 Å². The van der Waals surface area contributed by atoms with Gasteiger partial charge in [-0.1, -0.05) is 41.1 Å². The van der Waals surface area contributed by atoms with Crippen molar-refractivity contribution in [3.63, 3.8) is 0 Å². The Morgan fingerprint density at radius 3 is 2.29 bits per heavy atom. The van der Waals surface area contributed by atoms with Crippen LogP contribution >= 0.6 is 35.3 Å². The Morgan fingerprint density at radius 1 is 0.974 bits per heavy atom. The topological polar surface area (TPSA) is 73.8 Å². The minimum absolute atomic E-state index is 0. The lowest BCUT2D eigenvalue weighted by atomic mass is 10.2. The average molecular weight is 594 g/mol. The standard InChI is InChI=1S/C27H29ClN4O3S2.ClH/c1-4-32(22-9-6-5-7-10-22)37(34,35)23-14-11-20(12-15-23)26(33)31(18-8-17-30(2)3)27-29-24-16-13-21(28)19-25(24)36-27;/h5-7,9-16,19H,4,8,17-18H2,1-3H3;1H. The molecule has 0 bridgehead atoms. The van der Waals surface area contributed by atoms with E-state index < -0.39 is 10.0 Å². The third kappa shape index (κ3) is 6.65. The van der Waals surface area contributed by atoms with Crippen LogP contribution in [0.4, 0.5) is 10.8 Å². The predicted octanol–water partition coefficient (Wildman–Crippen LogP) is 6.19. The molecule has 38 heavy (non-hydrogen) atoms. The number of rotatable bonds is 10. The zero-order valence-electron chi connectivity index (χ0n) is 21.4. The maximum absolute atomic E-state index is 13.6. The zero-order chi connectivity index (χ0) is 26.6. The van der Waals surface area contributed by atoms with E-state index in [2.05, 4.69) is 9.88 Å². The number of amides is 1. The number of benzene rings is 3. The van der Waals surface area contributed by atoms with Crippen molar-refractivity contribution in [1.29, 1.82) is 0 Å². The van der Waals surface area contributed by atoms with Crippen molar-refractivity contribution in [3.8, 4) is 0 Å². The molecule has 0 atom stereocenters. The van der Waals surface area contributed by atoms with Crippen LogP contribution in [0.2, 0.25) is 5.02 Å². The van der Waals surface area contributed by atoms with Crippen LogP contribution in [-0.4, -0.2) is 57.9 Å². The molecule has 0 unspecified atom stereocenters. The fourth-order valence-corrected chi connectivity index (χ4v) is 6.71. The van der Waals surface area contributed by atoms with Crippen LogP contribution < -0.4 is 9.21 Å². The number of nitrogens with zero attached hydrogens (tertiary/aromatic N) is 4. The highest BCUT2D eigenvalue weighted by Crippen LogP contribution is 2.32. The molecule has 7 nitrogen and oxygen atoms in total. The lowest BCUT2D eigenvalue weighted by Crippen LogP contribution is -2.33. The molecule has 1 aromatic heterocycles. The molecule has 1 heterocycles. The number of halogens is 2. The molecule has 202 valence electrons. The molecule has 0 radical (unpaired) electrons. The van der Waals surface area contributed by atoms with Gasteiger partial charge in [-0.2, -0.15) is 0 Å². The van der Waals surface area contributed by atoms with Crippen molar-refractivity contribution in [3.05, 3.63) is 83.4 Å². The van der Waals surface area contributed by atoms with E-state index in [9.17, 15) is 13.2 Å². The molecular weight excluding hydrogens is 563 g/mol. The number of thiazole rings is 1. The molecule has 0 aliphatic carbocycles. The fraction of sp³-hybridized carbons (Fsp3) is 0.259. The van der Waals surface area contributed by atoms with E-state index in [0.717, 1.165) is 23.2 Å². The minimum Gasteiger partial charge on any atom is -0.309 e. The first-order valence-corrected chi connectivity index (χ1v) is 14.5. The molecule has 0 aliphatic rings. The number of hydrogen-bond acceptors (Lipinski definition) is 6. The zero-order valence-corrected chi connectivity index (χ0v) is 24.6. The molecule has 1 amide bonds. The summed E-state index contributed by atoms with van der Waals surface area (Å²) in [4.78, 5) is 22.2. The van der Waals surface area contributed by atoms with Gasteiger partial charge in [-0.05, 0) is 88.6 Å². The van der Waals surface area contributed by atoms with Crippen LogP contribution in [0.3, 0.4) is 0 Å². The number of hydrogen-bond donors (Lipinski definition) is 0.